The average Bonchev–Trinajstić information content (AvgIpc) is 2.25. The Kier molecular flexibility index (Phi) is 2.55. The Morgan fingerprint density at radius 2 is 2.14 bits per heavy atom. The third-order valence-corrected chi connectivity index (χ3v) is 2.02. The summed E-state index contributed by atoms with van der Waals surface area (Å²) in [5, 5.41) is 10.9. The van der Waals surface area contributed by atoms with Gasteiger partial charge in [0.15, 0.2) is 0 Å². The van der Waals surface area contributed by atoms with Gasteiger partial charge in [0.2, 0.25) is 11.8 Å². The summed E-state index contributed by atoms with van der Waals surface area (Å²) < 4.78 is 0. The Labute approximate surface area is 79.8 Å². The third kappa shape index (κ3) is 1.73. The summed E-state index contributed by atoms with van der Waals surface area (Å²) in [6.45, 7) is 1.51. The van der Waals surface area contributed by atoms with Crippen molar-refractivity contribution in [3.8, 4) is 0 Å². The van der Waals surface area contributed by atoms with Gasteiger partial charge < -0.3 is 16.2 Å². The molecule has 0 aliphatic carbocycles. The third-order valence-electron chi connectivity index (χ3n) is 2.02. The van der Waals surface area contributed by atoms with Crippen LogP contribution in [0.25, 0.3) is 0 Å². The number of nitrogens with two attached hydrogens (primary N) is 1. The zero-order chi connectivity index (χ0) is 10.9. The molecule has 6 nitrogen and oxygen atoms in total. The van der Waals surface area contributed by atoms with Crippen LogP contribution in [-0.2, 0) is 14.4 Å². The molecular weight excluding hydrogens is 188 g/mol. The first kappa shape index (κ1) is 10.2. The molecule has 6 heteroatoms. The lowest BCUT2D eigenvalue weighted by Crippen LogP contribution is -2.26. The predicted molar refractivity (Wildman–Crippen MR) is 45.8 cm³/mol. The van der Waals surface area contributed by atoms with Crippen LogP contribution in [0.3, 0.4) is 0 Å². The quantitative estimate of drug-likeness (QED) is 0.538. The molecule has 0 saturated carbocycles. The minimum Gasteiger partial charge on any atom is -0.481 e. The lowest BCUT2D eigenvalue weighted by Gasteiger charge is -2.05. The molecule has 4 N–H and O–H groups in total. The lowest BCUT2D eigenvalue weighted by atomic mass is 9.96. The number of rotatable bonds is 3. The summed E-state index contributed by atoms with van der Waals surface area (Å²) in [4.78, 5) is 32.6. The van der Waals surface area contributed by atoms with Crippen molar-refractivity contribution >= 4 is 17.8 Å². The molecular formula is C8H10N2O4. The van der Waals surface area contributed by atoms with E-state index in [0.29, 0.717) is 5.70 Å². The van der Waals surface area contributed by atoms with Gasteiger partial charge in [-0.1, -0.05) is 0 Å². The minimum atomic E-state index is -1.14. The van der Waals surface area contributed by atoms with E-state index in [-0.39, 0.29) is 5.57 Å². The maximum absolute atomic E-state index is 11.2. The van der Waals surface area contributed by atoms with Crippen LogP contribution < -0.4 is 11.1 Å². The number of amides is 2. The molecule has 76 valence electrons. The van der Waals surface area contributed by atoms with Gasteiger partial charge in [-0.3, -0.25) is 14.4 Å². The molecule has 0 radical (unpaired) electrons. The molecule has 0 fully saturated rings. The van der Waals surface area contributed by atoms with Crippen molar-refractivity contribution in [3.05, 3.63) is 11.3 Å². The maximum Gasteiger partial charge on any atom is 0.304 e. The van der Waals surface area contributed by atoms with E-state index < -0.39 is 30.1 Å². The van der Waals surface area contributed by atoms with Crippen LogP contribution in [0.5, 0.6) is 0 Å². The number of allylic oxidation sites excluding steroid dienone is 1. The van der Waals surface area contributed by atoms with Crippen LogP contribution >= 0.6 is 0 Å². The van der Waals surface area contributed by atoms with Crippen LogP contribution in [-0.4, -0.2) is 22.9 Å². The minimum absolute atomic E-state index is 0.0670. The topological polar surface area (TPSA) is 109 Å². The second-order valence-electron chi connectivity index (χ2n) is 3.04. The summed E-state index contributed by atoms with van der Waals surface area (Å²) >= 11 is 0. The molecule has 1 aliphatic rings. The summed E-state index contributed by atoms with van der Waals surface area (Å²) in [7, 11) is 0. The van der Waals surface area contributed by atoms with E-state index in [9.17, 15) is 14.4 Å². The fraction of sp³-hybridized carbons (Fsp3) is 0.375. The molecule has 14 heavy (non-hydrogen) atoms. The number of nitrogens with one attached hydrogen (secondary N) is 1. The number of carboxylic acid groups (broad SMARTS) is 1. The Bertz CT molecular complexity index is 345. The number of carboxylic acids is 1. The first-order valence-corrected chi connectivity index (χ1v) is 3.96. The summed E-state index contributed by atoms with van der Waals surface area (Å²) in [6, 6.07) is 0. The fourth-order valence-electron chi connectivity index (χ4n) is 1.46. The normalized spacial score (nSPS) is 20.9. The first-order valence-electron chi connectivity index (χ1n) is 3.96. The monoisotopic (exact) mass is 198 g/mol. The van der Waals surface area contributed by atoms with Crippen molar-refractivity contribution in [1.29, 1.82) is 0 Å². The van der Waals surface area contributed by atoms with Crippen LogP contribution in [0.4, 0.5) is 0 Å². The van der Waals surface area contributed by atoms with Crippen molar-refractivity contribution in [3.63, 3.8) is 0 Å². The highest BCUT2D eigenvalue weighted by atomic mass is 16.4. The SMILES string of the molecule is CC1=C(C(N)=O)[C@@H](CC(=O)O)C(=O)N1. The van der Waals surface area contributed by atoms with Gasteiger partial charge in [-0.2, -0.15) is 0 Å². The van der Waals surface area contributed by atoms with Gasteiger partial charge in [0, 0.05) is 11.3 Å². The molecule has 0 saturated heterocycles. The zero-order valence-corrected chi connectivity index (χ0v) is 7.53. The van der Waals surface area contributed by atoms with Gasteiger partial charge in [0.1, 0.15) is 0 Å². The molecule has 0 aromatic heterocycles. The van der Waals surface area contributed by atoms with Crippen LogP contribution in [0, 0.1) is 5.92 Å². The van der Waals surface area contributed by atoms with Gasteiger partial charge in [-0.05, 0) is 6.92 Å². The van der Waals surface area contributed by atoms with Crippen molar-refractivity contribution in [2.75, 3.05) is 0 Å². The van der Waals surface area contributed by atoms with E-state index in [1.807, 2.05) is 0 Å². The number of carbonyl (C=O) groups is 3. The molecule has 0 aromatic carbocycles. The van der Waals surface area contributed by atoms with Crippen LogP contribution in [0.2, 0.25) is 0 Å². The number of hydrogen-bond acceptors (Lipinski definition) is 3. The highest BCUT2D eigenvalue weighted by molar-refractivity contribution is 6.04. The lowest BCUT2D eigenvalue weighted by molar-refractivity contribution is -0.140. The number of hydrogen-bond donors (Lipinski definition) is 3. The standard InChI is InChI=1S/C8H10N2O4/c1-3-6(7(9)13)4(2-5(11)12)8(14)10-3/h4H,2H2,1H3,(H2,9,13)(H,10,14)(H,11,12)/t4-/m1/s1. The van der Waals surface area contributed by atoms with Crippen LogP contribution in [0.15, 0.2) is 11.3 Å². The number of primary amides is 1. The van der Waals surface area contributed by atoms with E-state index in [2.05, 4.69) is 5.32 Å². The van der Waals surface area contributed by atoms with E-state index in [1.165, 1.54) is 6.92 Å². The second kappa shape index (κ2) is 3.49. The van der Waals surface area contributed by atoms with Crippen molar-refractivity contribution in [2.45, 2.75) is 13.3 Å². The maximum atomic E-state index is 11.2. The zero-order valence-electron chi connectivity index (χ0n) is 7.53. The van der Waals surface area contributed by atoms with Crippen molar-refractivity contribution < 1.29 is 19.5 Å². The molecule has 1 aliphatic heterocycles. The Balaban J connectivity index is 2.97. The highest BCUT2D eigenvalue weighted by Gasteiger charge is 2.35. The van der Waals surface area contributed by atoms with E-state index in [0.717, 1.165) is 0 Å². The molecule has 1 heterocycles. The number of carbonyl (C=O) groups excluding carboxylic acids is 2. The van der Waals surface area contributed by atoms with Gasteiger partial charge in [-0.15, -0.1) is 0 Å². The van der Waals surface area contributed by atoms with Crippen LogP contribution in [0.1, 0.15) is 13.3 Å². The summed E-state index contributed by atoms with van der Waals surface area (Å²) in [5.74, 6) is -3.34. The second-order valence-corrected chi connectivity index (χ2v) is 3.04. The average molecular weight is 198 g/mol. The molecule has 1 rings (SSSR count). The Morgan fingerprint density at radius 1 is 1.57 bits per heavy atom. The molecule has 0 spiro atoms. The fourth-order valence-corrected chi connectivity index (χ4v) is 1.46. The molecule has 2 amide bonds. The van der Waals surface area contributed by atoms with Gasteiger partial charge in [-0.25, -0.2) is 0 Å². The van der Waals surface area contributed by atoms with E-state index in [1.54, 1.807) is 0 Å². The largest absolute Gasteiger partial charge is 0.481 e. The summed E-state index contributed by atoms with van der Waals surface area (Å²) in [5.41, 5.74) is 5.44. The molecule has 0 bridgehead atoms. The Hall–Kier alpha value is -1.85. The molecule has 0 aromatic rings. The predicted octanol–water partition coefficient (Wildman–Crippen LogP) is -1.03. The van der Waals surface area contributed by atoms with E-state index in [4.69, 9.17) is 10.8 Å². The van der Waals surface area contributed by atoms with Crippen molar-refractivity contribution in [2.24, 2.45) is 11.7 Å². The summed E-state index contributed by atoms with van der Waals surface area (Å²) in [6.07, 6.45) is -0.415. The van der Waals surface area contributed by atoms with Crippen molar-refractivity contribution in [1.82, 2.24) is 5.32 Å². The number of aliphatic carboxylic acids is 1. The Morgan fingerprint density at radius 3 is 2.57 bits per heavy atom. The van der Waals surface area contributed by atoms with Gasteiger partial charge in [0.05, 0.1) is 12.3 Å². The molecule has 0 unspecified atom stereocenters. The highest BCUT2D eigenvalue weighted by Crippen LogP contribution is 2.24. The van der Waals surface area contributed by atoms with E-state index >= 15 is 0 Å². The first-order chi connectivity index (χ1) is 6.43. The van der Waals surface area contributed by atoms with Gasteiger partial charge >= 0.3 is 5.97 Å². The smallest absolute Gasteiger partial charge is 0.304 e. The molecule has 1 atom stereocenters. The van der Waals surface area contributed by atoms with Gasteiger partial charge in [0.25, 0.3) is 0 Å².